The summed E-state index contributed by atoms with van der Waals surface area (Å²) < 4.78 is 1.99. The molecule has 5 heteroatoms. The number of phenols is 1. The predicted molar refractivity (Wildman–Crippen MR) is 166 cm³/mol. The molecular weight excluding hydrogens is 683 g/mol. The zero-order chi connectivity index (χ0) is 27.8. The smallest absolute Gasteiger partial charge is 0.144 e. The number of aromatic hydroxyl groups is 1. The Balaban J connectivity index is 0.000000168. The van der Waals surface area contributed by atoms with Gasteiger partial charge in [-0.1, -0.05) is 68.4 Å². The molecule has 4 nitrogen and oxygen atoms in total. The van der Waals surface area contributed by atoms with Gasteiger partial charge in [0.1, 0.15) is 11.6 Å². The van der Waals surface area contributed by atoms with E-state index in [1.807, 2.05) is 60.3 Å². The second kappa shape index (κ2) is 11.7. The molecular formula is C36H30IrN3O-. The van der Waals surface area contributed by atoms with E-state index in [9.17, 15) is 5.11 Å². The van der Waals surface area contributed by atoms with Crippen molar-refractivity contribution in [2.24, 2.45) is 7.05 Å². The number of phenolic OH excluding ortho intramolecular Hbond substituents is 1. The molecule has 2 aromatic heterocycles. The van der Waals surface area contributed by atoms with E-state index in [0.29, 0.717) is 0 Å². The molecule has 0 fully saturated rings. The first kappa shape index (κ1) is 28.2. The van der Waals surface area contributed by atoms with E-state index in [4.69, 9.17) is 4.98 Å². The van der Waals surface area contributed by atoms with Gasteiger partial charge < -0.3 is 14.7 Å². The average Bonchev–Trinajstić information content (AvgIpc) is 3.29. The summed E-state index contributed by atoms with van der Waals surface area (Å²) in [4.78, 5) is 9.25. The molecule has 5 aromatic carbocycles. The van der Waals surface area contributed by atoms with E-state index in [-0.39, 0.29) is 25.9 Å². The van der Waals surface area contributed by atoms with E-state index in [0.717, 1.165) is 39.2 Å². The standard InChI is InChI=1S/C22H18N.C14H12N2O.Ir/c1-14-10-15(2)12-18(11-14)22-21-17(8-9-23-22)13-16(3)19-6-4-5-7-20(19)21;1-16-12-8-4-3-7-11(12)15-14(16)10-6-2-5-9-13(10)17;/h4-11,13H,1-3H3;2-9,17H,1H3;/q-1;;. The number of benzene rings is 5. The third kappa shape index (κ3) is 5.39. The number of hydrogen-bond donors (Lipinski definition) is 1. The maximum Gasteiger partial charge on any atom is 0.144 e. The number of aromatic nitrogens is 3. The van der Waals surface area contributed by atoms with Crippen LogP contribution in [0.15, 0.2) is 103 Å². The average molecular weight is 713 g/mol. The van der Waals surface area contributed by atoms with Crippen LogP contribution in [0.5, 0.6) is 5.75 Å². The fraction of sp³-hybridized carbons (Fsp3) is 0.111. The molecule has 205 valence electrons. The number of rotatable bonds is 2. The van der Waals surface area contributed by atoms with Gasteiger partial charge in [0, 0.05) is 33.3 Å². The first-order valence-corrected chi connectivity index (χ1v) is 13.4. The minimum absolute atomic E-state index is 0. The summed E-state index contributed by atoms with van der Waals surface area (Å²) in [7, 11) is 1.96. The van der Waals surface area contributed by atoms with Crippen LogP contribution in [0.4, 0.5) is 0 Å². The summed E-state index contributed by atoms with van der Waals surface area (Å²) in [5.74, 6) is 1.04. The van der Waals surface area contributed by atoms with Gasteiger partial charge in [-0.3, -0.25) is 0 Å². The molecule has 0 unspecified atom stereocenters. The summed E-state index contributed by atoms with van der Waals surface area (Å²) in [6, 6.07) is 35.9. The number of hydrogen-bond acceptors (Lipinski definition) is 3. The van der Waals surface area contributed by atoms with Crippen molar-refractivity contribution in [2.75, 3.05) is 0 Å². The van der Waals surface area contributed by atoms with E-state index in [1.54, 1.807) is 6.07 Å². The SMILES string of the molecule is Cc1[c-]c(-c2nccc3cc(C)c4ccccc4c23)cc(C)c1.Cn1c(-c2ccccc2O)nc2ccccc21.[Ir]. The first-order valence-electron chi connectivity index (χ1n) is 13.4. The molecule has 7 aromatic rings. The molecule has 0 amide bonds. The van der Waals surface area contributed by atoms with Crippen molar-refractivity contribution in [1.82, 2.24) is 14.5 Å². The molecule has 0 aliphatic heterocycles. The molecule has 0 bridgehead atoms. The maximum atomic E-state index is 9.86. The van der Waals surface area contributed by atoms with Gasteiger partial charge in [-0.2, -0.15) is 0 Å². The zero-order valence-corrected chi connectivity index (χ0v) is 25.8. The van der Waals surface area contributed by atoms with Gasteiger partial charge in [0.2, 0.25) is 0 Å². The van der Waals surface area contributed by atoms with Crippen LogP contribution < -0.4 is 0 Å². The Bertz CT molecular complexity index is 2010. The van der Waals surface area contributed by atoms with Crippen molar-refractivity contribution < 1.29 is 25.2 Å². The van der Waals surface area contributed by atoms with Gasteiger partial charge in [0.15, 0.2) is 0 Å². The number of pyridine rings is 1. The zero-order valence-electron chi connectivity index (χ0n) is 23.4. The minimum Gasteiger partial charge on any atom is -0.507 e. The van der Waals surface area contributed by atoms with Gasteiger partial charge in [0.05, 0.1) is 16.6 Å². The van der Waals surface area contributed by atoms with Crippen molar-refractivity contribution in [3.63, 3.8) is 0 Å². The number of aryl methyl sites for hydroxylation is 4. The monoisotopic (exact) mass is 713 g/mol. The molecule has 0 atom stereocenters. The van der Waals surface area contributed by atoms with Gasteiger partial charge in [-0.05, 0) is 70.1 Å². The summed E-state index contributed by atoms with van der Waals surface area (Å²) >= 11 is 0. The maximum absolute atomic E-state index is 9.86. The van der Waals surface area contributed by atoms with Crippen LogP contribution in [0.2, 0.25) is 0 Å². The van der Waals surface area contributed by atoms with Crippen LogP contribution >= 0.6 is 0 Å². The molecule has 0 spiro atoms. The van der Waals surface area contributed by atoms with Crippen LogP contribution in [-0.2, 0) is 27.2 Å². The summed E-state index contributed by atoms with van der Waals surface area (Å²) in [6.45, 7) is 6.38. The third-order valence-corrected chi connectivity index (χ3v) is 7.31. The summed E-state index contributed by atoms with van der Waals surface area (Å²) in [6.07, 6.45) is 1.90. The summed E-state index contributed by atoms with van der Waals surface area (Å²) in [5, 5.41) is 14.9. The normalized spacial score (nSPS) is 10.8. The second-order valence-corrected chi connectivity index (χ2v) is 10.3. The van der Waals surface area contributed by atoms with Gasteiger partial charge in [-0.15, -0.1) is 34.9 Å². The van der Waals surface area contributed by atoms with Gasteiger partial charge in [-0.25, -0.2) is 4.98 Å². The van der Waals surface area contributed by atoms with Crippen LogP contribution in [0.1, 0.15) is 16.7 Å². The summed E-state index contributed by atoms with van der Waals surface area (Å²) in [5.41, 5.74) is 8.54. The Morgan fingerprint density at radius 2 is 1.49 bits per heavy atom. The van der Waals surface area contributed by atoms with Crippen LogP contribution in [0.25, 0.3) is 55.2 Å². The quantitative estimate of drug-likeness (QED) is 0.144. The Morgan fingerprint density at radius 1 is 0.780 bits per heavy atom. The Hall–Kier alpha value is -4.31. The van der Waals surface area contributed by atoms with Crippen LogP contribution in [0.3, 0.4) is 0 Å². The Labute approximate surface area is 253 Å². The third-order valence-electron chi connectivity index (χ3n) is 7.31. The first-order chi connectivity index (χ1) is 19.4. The molecule has 0 saturated heterocycles. The molecule has 2 heterocycles. The molecule has 7 rings (SSSR count). The molecule has 0 aliphatic rings. The fourth-order valence-electron chi connectivity index (χ4n) is 5.51. The Morgan fingerprint density at radius 3 is 2.24 bits per heavy atom. The largest absolute Gasteiger partial charge is 0.507 e. The molecule has 1 N–H and O–H groups in total. The molecule has 0 saturated carbocycles. The fourth-order valence-corrected chi connectivity index (χ4v) is 5.51. The van der Waals surface area contributed by atoms with Crippen molar-refractivity contribution in [1.29, 1.82) is 0 Å². The van der Waals surface area contributed by atoms with E-state index in [2.05, 4.69) is 80.4 Å². The van der Waals surface area contributed by atoms with Crippen molar-refractivity contribution in [2.45, 2.75) is 20.8 Å². The van der Waals surface area contributed by atoms with E-state index in [1.165, 1.54) is 32.7 Å². The number of fused-ring (bicyclic) bond motifs is 4. The van der Waals surface area contributed by atoms with E-state index < -0.39 is 0 Å². The molecule has 1 radical (unpaired) electrons. The molecule has 41 heavy (non-hydrogen) atoms. The van der Waals surface area contributed by atoms with Crippen molar-refractivity contribution in [3.05, 3.63) is 126 Å². The number of nitrogens with zero attached hydrogens (tertiary/aromatic N) is 3. The van der Waals surface area contributed by atoms with Crippen LogP contribution in [-0.4, -0.2) is 19.6 Å². The van der Waals surface area contributed by atoms with Crippen molar-refractivity contribution >= 4 is 32.6 Å². The Kier molecular flexibility index (Phi) is 8.03. The van der Waals surface area contributed by atoms with Crippen molar-refractivity contribution in [3.8, 4) is 28.4 Å². The number of para-hydroxylation sites is 3. The predicted octanol–water partition coefficient (Wildman–Crippen LogP) is 8.72. The van der Waals surface area contributed by atoms with E-state index >= 15 is 0 Å². The van der Waals surface area contributed by atoms with Crippen LogP contribution in [0, 0.1) is 26.8 Å². The number of imidazole rings is 1. The topological polar surface area (TPSA) is 50.9 Å². The van der Waals surface area contributed by atoms with Gasteiger partial charge in [0.25, 0.3) is 0 Å². The van der Waals surface area contributed by atoms with Gasteiger partial charge >= 0.3 is 0 Å². The molecule has 0 aliphatic carbocycles. The minimum atomic E-state index is 0. The second-order valence-electron chi connectivity index (χ2n) is 10.3.